The van der Waals surface area contributed by atoms with Gasteiger partial charge >= 0.3 is 0 Å². The monoisotopic (exact) mass is 343 g/mol. The highest BCUT2D eigenvalue weighted by Gasteiger charge is 2.16. The predicted molar refractivity (Wildman–Crippen MR) is 85.1 cm³/mol. The minimum absolute atomic E-state index is 0.0714. The lowest BCUT2D eigenvalue weighted by Gasteiger charge is -2.04. The van der Waals surface area contributed by atoms with Crippen molar-refractivity contribution >= 4 is 10.0 Å². The van der Waals surface area contributed by atoms with Crippen LogP contribution in [0.4, 0.5) is 0 Å². The van der Waals surface area contributed by atoms with E-state index in [1.165, 1.54) is 12.1 Å². The van der Waals surface area contributed by atoms with Crippen LogP contribution in [0.3, 0.4) is 0 Å². The molecule has 2 aromatic heterocycles. The van der Waals surface area contributed by atoms with Crippen LogP contribution in [-0.2, 0) is 16.6 Å². The molecule has 0 saturated heterocycles. The Morgan fingerprint density at radius 1 is 1.33 bits per heavy atom. The molecule has 0 atom stereocenters. The van der Waals surface area contributed by atoms with Gasteiger partial charge < -0.3 is 4.52 Å². The number of hydrogen-bond donors (Lipinski definition) is 1. The smallest absolute Gasteiger partial charge is 0.258 e. The van der Waals surface area contributed by atoms with E-state index in [-0.39, 0.29) is 17.3 Å². The summed E-state index contributed by atoms with van der Waals surface area (Å²) in [5, 5.41) is 7.93. The molecule has 2 heterocycles. The fourth-order valence-electron chi connectivity index (χ4n) is 1.99. The first-order chi connectivity index (χ1) is 11.6. The molecule has 9 heteroatoms. The first-order valence-corrected chi connectivity index (χ1v) is 8.40. The highest BCUT2D eigenvalue weighted by Crippen LogP contribution is 2.21. The molecule has 0 bridgehead atoms. The lowest BCUT2D eigenvalue weighted by Crippen LogP contribution is -2.23. The zero-order valence-electron chi connectivity index (χ0n) is 12.5. The van der Waals surface area contributed by atoms with Crippen LogP contribution >= 0.6 is 0 Å². The normalized spacial score (nSPS) is 11.3. The van der Waals surface area contributed by atoms with Gasteiger partial charge in [-0.2, -0.15) is 14.8 Å². The van der Waals surface area contributed by atoms with E-state index in [0.29, 0.717) is 17.9 Å². The Kier molecular flexibility index (Phi) is 4.41. The Bertz CT molecular complexity index is 971. The van der Waals surface area contributed by atoms with Crippen molar-refractivity contribution in [1.82, 2.24) is 24.6 Å². The van der Waals surface area contributed by atoms with Crippen LogP contribution in [0.5, 0.6) is 0 Å². The van der Waals surface area contributed by atoms with E-state index in [0.717, 1.165) is 0 Å². The Hall–Kier alpha value is -2.96. The predicted octanol–water partition coefficient (Wildman–Crippen LogP) is 0.893. The average Bonchev–Trinajstić information content (AvgIpc) is 3.26. The summed E-state index contributed by atoms with van der Waals surface area (Å²) in [6, 6.07) is 7.98. The van der Waals surface area contributed by atoms with Crippen LogP contribution in [0.15, 0.2) is 52.1 Å². The van der Waals surface area contributed by atoms with Crippen molar-refractivity contribution in [2.24, 2.45) is 0 Å². The molecular formula is C15H13N5O3S. The Morgan fingerprint density at radius 3 is 2.96 bits per heavy atom. The van der Waals surface area contributed by atoms with Crippen molar-refractivity contribution in [1.29, 1.82) is 0 Å². The second kappa shape index (κ2) is 6.66. The Labute approximate surface area is 138 Å². The molecule has 1 N–H and O–H groups in total. The van der Waals surface area contributed by atoms with Gasteiger partial charge in [0.15, 0.2) is 5.82 Å². The number of hydrogen-bond acceptors (Lipinski definition) is 6. The zero-order valence-corrected chi connectivity index (χ0v) is 13.3. The van der Waals surface area contributed by atoms with E-state index in [1.807, 2.05) is 0 Å². The third-order valence-electron chi connectivity index (χ3n) is 3.09. The van der Waals surface area contributed by atoms with E-state index in [1.54, 1.807) is 35.3 Å². The maximum absolute atomic E-state index is 12.1. The van der Waals surface area contributed by atoms with Gasteiger partial charge in [-0.3, -0.25) is 4.68 Å². The number of rotatable bonds is 6. The Morgan fingerprint density at radius 2 is 2.21 bits per heavy atom. The van der Waals surface area contributed by atoms with Gasteiger partial charge in [0.05, 0.1) is 11.4 Å². The molecule has 0 aliphatic heterocycles. The lowest BCUT2D eigenvalue weighted by atomic mass is 10.2. The van der Waals surface area contributed by atoms with E-state index in [2.05, 4.69) is 25.9 Å². The summed E-state index contributed by atoms with van der Waals surface area (Å²) in [5.41, 5.74) is 0.498. The van der Waals surface area contributed by atoms with E-state index >= 15 is 0 Å². The third kappa shape index (κ3) is 3.51. The van der Waals surface area contributed by atoms with E-state index < -0.39 is 10.0 Å². The van der Waals surface area contributed by atoms with Crippen LogP contribution < -0.4 is 4.72 Å². The number of benzene rings is 1. The molecule has 0 radical (unpaired) electrons. The molecular weight excluding hydrogens is 330 g/mol. The molecule has 3 rings (SSSR count). The molecule has 24 heavy (non-hydrogen) atoms. The van der Waals surface area contributed by atoms with E-state index in [9.17, 15) is 8.42 Å². The topological polar surface area (TPSA) is 103 Å². The van der Waals surface area contributed by atoms with Gasteiger partial charge in [-0.1, -0.05) is 17.1 Å². The van der Waals surface area contributed by atoms with Crippen molar-refractivity contribution in [3.63, 3.8) is 0 Å². The van der Waals surface area contributed by atoms with Gasteiger partial charge in [-0.15, -0.1) is 6.42 Å². The molecule has 0 aliphatic carbocycles. The van der Waals surface area contributed by atoms with Crippen molar-refractivity contribution in [2.75, 3.05) is 6.54 Å². The first-order valence-electron chi connectivity index (χ1n) is 6.92. The molecule has 0 saturated carbocycles. The average molecular weight is 343 g/mol. The summed E-state index contributed by atoms with van der Waals surface area (Å²) in [6.45, 7) is 0.277. The third-order valence-corrected chi connectivity index (χ3v) is 4.49. The number of nitrogens with one attached hydrogen (secondary N) is 1. The zero-order chi connectivity index (χ0) is 17.0. The number of nitrogens with zero attached hydrogens (tertiary/aromatic N) is 4. The summed E-state index contributed by atoms with van der Waals surface area (Å²) in [7, 11) is -3.68. The largest absolute Gasteiger partial charge is 0.334 e. The molecule has 3 aromatic rings. The van der Waals surface area contributed by atoms with Crippen molar-refractivity contribution in [3.8, 4) is 23.8 Å². The standard InChI is InChI=1S/C15H13N5O3S/c1-2-7-17-24(21,22)13-6-3-5-12(10-13)15-18-14(19-23-15)11-20-9-4-8-16-20/h1,3-6,8-10,17H,7,11H2. The van der Waals surface area contributed by atoms with Gasteiger partial charge in [-0.05, 0) is 24.3 Å². The first kappa shape index (κ1) is 15.9. The summed E-state index contributed by atoms with van der Waals surface area (Å²) in [6.07, 6.45) is 8.51. The van der Waals surface area contributed by atoms with Crippen LogP contribution in [0.1, 0.15) is 5.82 Å². The molecule has 0 amide bonds. The Balaban J connectivity index is 1.84. The molecule has 0 spiro atoms. The quantitative estimate of drug-likeness (QED) is 0.667. The fourth-order valence-corrected chi connectivity index (χ4v) is 2.97. The van der Waals surface area contributed by atoms with Gasteiger partial charge in [0.2, 0.25) is 10.0 Å². The van der Waals surface area contributed by atoms with Gasteiger partial charge in [0.1, 0.15) is 6.54 Å². The summed E-state index contributed by atoms with van der Waals surface area (Å²) in [5.74, 6) is 2.89. The van der Waals surface area contributed by atoms with Gasteiger partial charge in [0, 0.05) is 18.0 Å². The minimum Gasteiger partial charge on any atom is -0.334 e. The SMILES string of the molecule is C#CCNS(=O)(=O)c1cccc(-c2nc(Cn3cccn3)no2)c1. The number of sulfonamides is 1. The van der Waals surface area contributed by atoms with Gasteiger partial charge in [-0.25, -0.2) is 8.42 Å². The second-order valence-electron chi connectivity index (χ2n) is 4.78. The van der Waals surface area contributed by atoms with Gasteiger partial charge in [0.25, 0.3) is 5.89 Å². The second-order valence-corrected chi connectivity index (χ2v) is 6.54. The molecule has 1 aromatic carbocycles. The maximum atomic E-state index is 12.1. The minimum atomic E-state index is -3.68. The lowest BCUT2D eigenvalue weighted by molar-refractivity contribution is 0.418. The van der Waals surface area contributed by atoms with Crippen LogP contribution in [0.25, 0.3) is 11.5 Å². The van der Waals surface area contributed by atoms with Crippen LogP contribution in [-0.4, -0.2) is 34.9 Å². The molecule has 0 unspecified atom stereocenters. The van der Waals surface area contributed by atoms with Crippen LogP contribution in [0, 0.1) is 12.3 Å². The van der Waals surface area contributed by atoms with Crippen LogP contribution in [0.2, 0.25) is 0 Å². The molecule has 8 nitrogen and oxygen atoms in total. The molecule has 0 fully saturated rings. The summed E-state index contributed by atoms with van der Waals surface area (Å²) in [4.78, 5) is 4.33. The fraction of sp³-hybridized carbons (Fsp3) is 0.133. The number of aromatic nitrogens is 4. The highest BCUT2D eigenvalue weighted by molar-refractivity contribution is 7.89. The summed E-state index contributed by atoms with van der Waals surface area (Å²) < 4.78 is 33.4. The highest BCUT2D eigenvalue weighted by atomic mass is 32.2. The molecule has 122 valence electrons. The van der Waals surface area contributed by atoms with Crippen molar-refractivity contribution in [2.45, 2.75) is 11.4 Å². The molecule has 0 aliphatic rings. The van der Waals surface area contributed by atoms with Crippen molar-refractivity contribution in [3.05, 3.63) is 48.5 Å². The van der Waals surface area contributed by atoms with Crippen molar-refractivity contribution < 1.29 is 12.9 Å². The van der Waals surface area contributed by atoms with E-state index in [4.69, 9.17) is 10.9 Å². The maximum Gasteiger partial charge on any atom is 0.258 e. The summed E-state index contributed by atoms with van der Waals surface area (Å²) >= 11 is 0. The number of terminal acetylenes is 1.